The third-order valence-electron chi connectivity index (χ3n) is 2.22. The summed E-state index contributed by atoms with van der Waals surface area (Å²) in [5, 5.41) is 7.81. The van der Waals surface area contributed by atoms with Crippen molar-refractivity contribution < 1.29 is 0 Å². The lowest BCUT2D eigenvalue weighted by molar-refractivity contribution is 0.310. The van der Waals surface area contributed by atoms with Gasteiger partial charge in [-0.1, -0.05) is 0 Å². The quantitative estimate of drug-likeness (QED) is 0.505. The van der Waals surface area contributed by atoms with Gasteiger partial charge < -0.3 is 9.80 Å². The van der Waals surface area contributed by atoms with Gasteiger partial charge in [-0.05, 0) is 27.7 Å². The molecule has 0 aromatic carbocycles. The van der Waals surface area contributed by atoms with Crippen molar-refractivity contribution in [1.82, 2.24) is 9.80 Å². The molecule has 0 aliphatic rings. The fraction of sp³-hybridized carbons (Fsp3) is 0.889. The number of nitrogens with one attached hydrogen (secondary N) is 1. The average Bonchev–Trinajstić information content (AvgIpc) is 2.00. The fourth-order valence-corrected chi connectivity index (χ4v) is 0.738. The van der Waals surface area contributed by atoms with Gasteiger partial charge in [0.05, 0.1) is 0 Å². The zero-order valence-corrected chi connectivity index (χ0v) is 9.05. The Morgan fingerprint density at radius 2 is 1.17 bits per heavy atom. The van der Waals surface area contributed by atoms with Crippen LogP contribution >= 0.6 is 0 Å². The molecule has 0 rings (SSSR count). The van der Waals surface area contributed by atoms with Crippen molar-refractivity contribution >= 4 is 5.96 Å². The van der Waals surface area contributed by atoms with E-state index in [0.717, 1.165) is 0 Å². The van der Waals surface area contributed by atoms with Crippen LogP contribution in [-0.2, 0) is 0 Å². The van der Waals surface area contributed by atoms with Gasteiger partial charge in [0.25, 0.3) is 0 Å². The van der Waals surface area contributed by atoms with Gasteiger partial charge in [0.1, 0.15) is 0 Å². The molecule has 72 valence electrons. The van der Waals surface area contributed by atoms with Crippen molar-refractivity contribution in [2.75, 3.05) is 14.1 Å². The third-order valence-corrected chi connectivity index (χ3v) is 2.22. The first kappa shape index (κ1) is 11.3. The summed E-state index contributed by atoms with van der Waals surface area (Å²) in [5.41, 5.74) is 0. The van der Waals surface area contributed by atoms with E-state index >= 15 is 0 Å². The van der Waals surface area contributed by atoms with E-state index in [4.69, 9.17) is 5.41 Å². The minimum absolute atomic E-state index is 0.388. The van der Waals surface area contributed by atoms with E-state index in [0.29, 0.717) is 18.0 Å². The summed E-state index contributed by atoms with van der Waals surface area (Å²) in [6.45, 7) is 8.34. The van der Waals surface area contributed by atoms with Crippen LogP contribution in [0, 0.1) is 5.41 Å². The Morgan fingerprint density at radius 3 is 1.33 bits per heavy atom. The van der Waals surface area contributed by atoms with Crippen LogP contribution in [0.3, 0.4) is 0 Å². The summed E-state index contributed by atoms with van der Waals surface area (Å²) in [4.78, 5) is 3.92. The van der Waals surface area contributed by atoms with Crippen molar-refractivity contribution in [3.05, 3.63) is 0 Å². The molecule has 3 heteroatoms. The van der Waals surface area contributed by atoms with Crippen LogP contribution in [0.25, 0.3) is 0 Å². The van der Waals surface area contributed by atoms with Gasteiger partial charge in [0.15, 0.2) is 5.96 Å². The second-order valence-corrected chi connectivity index (χ2v) is 3.73. The summed E-state index contributed by atoms with van der Waals surface area (Å²) >= 11 is 0. The number of rotatable bonds is 2. The molecule has 0 heterocycles. The average molecular weight is 171 g/mol. The van der Waals surface area contributed by atoms with E-state index in [1.807, 2.05) is 23.9 Å². The Hall–Kier alpha value is -0.730. The Morgan fingerprint density at radius 1 is 0.917 bits per heavy atom. The van der Waals surface area contributed by atoms with Crippen molar-refractivity contribution in [3.63, 3.8) is 0 Å². The topological polar surface area (TPSA) is 30.3 Å². The predicted octanol–water partition coefficient (Wildman–Crippen LogP) is 1.60. The molecule has 0 spiro atoms. The van der Waals surface area contributed by atoms with E-state index in [1.165, 1.54) is 0 Å². The van der Waals surface area contributed by atoms with Crippen LogP contribution in [-0.4, -0.2) is 41.9 Å². The highest BCUT2D eigenvalue weighted by atomic mass is 15.4. The largest absolute Gasteiger partial charge is 0.344 e. The molecule has 0 unspecified atom stereocenters. The number of guanidine groups is 1. The predicted molar refractivity (Wildman–Crippen MR) is 53.5 cm³/mol. The van der Waals surface area contributed by atoms with Crippen LogP contribution in [0.1, 0.15) is 27.7 Å². The highest BCUT2D eigenvalue weighted by Crippen LogP contribution is 2.01. The van der Waals surface area contributed by atoms with Gasteiger partial charge >= 0.3 is 0 Å². The highest BCUT2D eigenvalue weighted by molar-refractivity contribution is 5.76. The molecule has 0 aliphatic carbocycles. The van der Waals surface area contributed by atoms with E-state index < -0.39 is 0 Å². The first-order valence-corrected chi connectivity index (χ1v) is 4.42. The van der Waals surface area contributed by atoms with Crippen LogP contribution in [0.4, 0.5) is 0 Å². The molecule has 12 heavy (non-hydrogen) atoms. The minimum Gasteiger partial charge on any atom is -0.344 e. The molecule has 0 aliphatic heterocycles. The molecule has 0 saturated carbocycles. The fourth-order valence-electron chi connectivity index (χ4n) is 0.738. The Balaban J connectivity index is 4.19. The van der Waals surface area contributed by atoms with E-state index in [2.05, 4.69) is 27.7 Å². The van der Waals surface area contributed by atoms with Crippen molar-refractivity contribution in [3.8, 4) is 0 Å². The van der Waals surface area contributed by atoms with Crippen molar-refractivity contribution in [2.45, 2.75) is 39.8 Å². The molecule has 0 atom stereocenters. The third kappa shape index (κ3) is 2.72. The van der Waals surface area contributed by atoms with Crippen molar-refractivity contribution in [1.29, 1.82) is 5.41 Å². The lowest BCUT2D eigenvalue weighted by Crippen LogP contribution is -2.45. The normalized spacial score (nSPS) is 10.7. The number of hydrogen-bond donors (Lipinski definition) is 1. The maximum absolute atomic E-state index is 7.81. The summed E-state index contributed by atoms with van der Waals surface area (Å²) in [7, 11) is 3.90. The van der Waals surface area contributed by atoms with Crippen LogP contribution in [0.15, 0.2) is 0 Å². The monoisotopic (exact) mass is 171 g/mol. The molecular formula is C9H21N3. The summed E-state index contributed by atoms with van der Waals surface area (Å²) < 4.78 is 0. The molecule has 0 fully saturated rings. The molecule has 0 bridgehead atoms. The maximum Gasteiger partial charge on any atom is 0.193 e. The van der Waals surface area contributed by atoms with Gasteiger partial charge in [-0.3, -0.25) is 5.41 Å². The second kappa shape index (κ2) is 4.33. The second-order valence-electron chi connectivity index (χ2n) is 3.73. The highest BCUT2D eigenvalue weighted by Gasteiger charge is 2.14. The Labute approximate surface area is 75.9 Å². The first-order valence-electron chi connectivity index (χ1n) is 4.42. The summed E-state index contributed by atoms with van der Waals surface area (Å²) in [6, 6.07) is 0.775. The van der Waals surface area contributed by atoms with Gasteiger partial charge in [0.2, 0.25) is 0 Å². The van der Waals surface area contributed by atoms with Crippen LogP contribution in [0.2, 0.25) is 0 Å². The molecule has 3 nitrogen and oxygen atoms in total. The van der Waals surface area contributed by atoms with Crippen LogP contribution in [0.5, 0.6) is 0 Å². The molecule has 0 aromatic rings. The Bertz CT molecular complexity index is 136. The standard InChI is InChI=1S/C9H21N3/c1-7(2)11(5)9(10)12(6)8(3)4/h7-8,10H,1-6H3. The van der Waals surface area contributed by atoms with E-state index in [1.54, 1.807) is 0 Å². The smallest absolute Gasteiger partial charge is 0.193 e. The number of hydrogen-bond acceptors (Lipinski definition) is 1. The molecular weight excluding hydrogens is 150 g/mol. The molecule has 0 saturated heterocycles. The molecule has 1 N–H and O–H groups in total. The zero-order chi connectivity index (χ0) is 9.89. The summed E-state index contributed by atoms with van der Waals surface area (Å²) in [5.74, 6) is 0.583. The maximum atomic E-state index is 7.81. The van der Waals surface area contributed by atoms with E-state index in [-0.39, 0.29) is 0 Å². The molecule has 0 aromatic heterocycles. The van der Waals surface area contributed by atoms with Crippen molar-refractivity contribution in [2.24, 2.45) is 0 Å². The first-order chi connectivity index (χ1) is 5.37. The molecule has 0 radical (unpaired) electrons. The lowest BCUT2D eigenvalue weighted by Gasteiger charge is -2.33. The SMILES string of the molecule is CC(C)N(C)C(=N)N(C)C(C)C. The lowest BCUT2D eigenvalue weighted by atomic mass is 10.3. The minimum atomic E-state index is 0.388. The van der Waals surface area contributed by atoms with Gasteiger partial charge in [-0.25, -0.2) is 0 Å². The molecule has 0 amide bonds. The van der Waals surface area contributed by atoms with Gasteiger partial charge in [-0.2, -0.15) is 0 Å². The zero-order valence-electron chi connectivity index (χ0n) is 9.05. The Kier molecular flexibility index (Phi) is 4.07. The van der Waals surface area contributed by atoms with Gasteiger partial charge in [-0.15, -0.1) is 0 Å². The van der Waals surface area contributed by atoms with Gasteiger partial charge in [0, 0.05) is 26.2 Å². The van der Waals surface area contributed by atoms with E-state index in [9.17, 15) is 0 Å². The van der Waals surface area contributed by atoms with Crippen LogP contribution < -0.4 is 0 Å². The number of nitrogens with zero attached hydrogens (tertiary/aromatic N) is 2. The summed E-state index contributed by atoms with van der Waals surface area (Å²) in [6.07, 6.45) is 0.